The summed E-state index contributed by atoms with van der Waals surface area (Å²) in [5.74, 6) is 0.400. The Morgan fingerprint density at radius 1 is 1.17 bits per heavy atom. The quantitative estimate of drug-likeness (QED) is 0.208. The Morgan fingerprint density at radius 3 is 2.57 bits per heavy atom. The van der Waals surface area contributed by atoms with Gasteiger partial charge in [0.25, 0.3) is 0 Å². The van der Waals surface area contributed by atoms with Crippen molar-refractivity contribution in [2.75, 3.05) is 13.1 Å². The van der Waals surface area contributed by atoms with Crippen LogP contribution in [0.15, 0.2) is 58.5 Å². The lowest BCUT2D eigenvalue weighted by Crippen LogP contribution is -2.38. The largest absolute Gasteiger partial charge is 0.361 e. The molecule has 3 rings (SSSR count). The maximum absolute atomic E-state index is 13.3. The zero-order chi connectivity index (χ0) is 20.9. The highest BCUT2D eigenvalue weighted by Crippen LogP contribution is 2.19. The summed E-state index contributed by atoms with van der Waals surface area (Å²) in [6.45, 7) is 3.74. The molecule has 0 radical (unpaired) electrons. The van der Waals surface area contributed by atoms with Crippen LogP contribution >= 0.6 is 24.0 Å². The van der Waals surface area contributed by atoms with Gasteiger partial charge in [0.15, 0.2) is 5.96 Å². The maximum Gasteiger partial charge on any atom is 0.238 e. The molecule has 0 atom stereocenters. The van der Waals surface area contributed by atoms with Crippen molar-refractivity contribution in [1.29, 1.82) is 0 Å². The third-order valence-electron chi connectivity index (χ3n) is 4.43. The van der Waals surface area contributed by atoms with Crippen LogP contribution in [0.1, 0.15) is 18.1 Å². The Labute approximate surface area is 192 Å². The second-order valence-electron chi connectivity index (χ2n) is 6.56. The number of primary sulfonamides is 1. The lowest BCUT2D eigenvalue weighted by molar-refractivity contribution is 0.597. The smallest absolute Gasteiger partial charge is 0.238 e. The average molecular weight is 545 g/mol. The third-order valence-corrected chi connectivity index (χ3v) is 5.36. The summed E-state index contributed by atoms with van der Waals surface area (Å²) in [4.78, 5) is 7.69. The molecule has 2 aromatic carbocycles. The number of aromatic amines is 1. The van der Waals surface area contributed by atoms with Crippen LogP contribution in [-0.2, 0) is 23.0 Å². The van der Waals surface area contributed by atoms with Gasteiger partial charge in [-0.05, 0) is 54.8 Å². The van der Waals surface area contributed by atoms with Gasteiger partial charge in [-0.15, -0.1) is 24.0 Å². The number of nitrogens with one attached hydrogen (secondary N) is 3. The number of halogens is 2. The molecule has 0 unspecified atom stereocenters. The Bertz CT molecular complexity index is 1110. The van der Waals surface area contributed by atoms with E-state index in [1.807, 2.05) is 13.1 Å². The Kier molecular flexibility index (Phi) is 8.62. The Morgan fingerprint density at radius 2 is 1.90 bits per heavy atom. The van der Waals surface area contributed by atoms with E-state index in [0.29, 0.717) is 25.6 Å². The molecule has 0 spiro atoms. The minimum atomic E-state index is -3.70. The topological polar surface area (TPSA) is 112 Å². The van der Waals surface area contributed by atoms with Crippen molar-refractivity contribution in [2.45, 2.75) is 24.8 Å². The molecule has 1 heterocycles. The SMILES string of the molecule is CCNC(=NCc1ccc(S(N)(=O)=O)cc1)NCCc1c[nH]c2cc(F)ccc12.I. The van der Waals surface area contributed by atoms with Crippen LogP contribution in [0.3, 0.4) is 0 Å². The van der Waals surface area contributed by atoms with Gasteiger partial charge in [-0.1, -0.05) is 12.1 Å². The molecule has 0 amide bonds. The van der Waals surface area contributed by atoms with Crippen molar-refractivity contribution in [2.24, 2.45) is 10.1 Å². The van der Waals surface area contributed by atoms with E-state index in [2.05, 4.69) is 20.6 Å². The minimum Gasteiger partial charge on any atom is -0.361 e. The molecule has 7 nitrogen and oxygen atoms in total. The minimum absolute atomic E-state index is 0. The van der Waals surface area contributed by atoms with Gasteiger partial charge in [0.05, 0.1) is 11.4 Å². The monoisotopic (exact) mass is 545 g/mol. The molecule has 30 heavy (non-hydrogen) atoms. The summed E-state index contributed by atoms with van der Waals surface area (Å²) in [5, 5.41) is 12.6. The zero-order valence-corrected chi connectivity index (χ0v) is 19.6. The van der Waals surface area contributed by atoms with Crippen LogP contribution in [0.2, 0.25) is 0 Å². The van der Waals surface area contributed by atoms with Crippen LogP contribution in [0, 0.1) is 5.82 Å². The van der Waals surface area contributed by atoms with Gasteiger partial charge in [0.2, 0.25) is 10.0 Å². The molecule has 0 aliphatic heterocycles. The highest BCUT2D eigenvalue weighted by molar-refractivity contribution is 14.0. The van der Waals surface area contributed by atoms with Gasteiger partial charge in [-0.2, -0.15) is 0 Å². The predicted octanol–water partition coefficient (Wildman–Crippen LogP) is 2.87. The number of hydrogen-bond donors (Lipinski definition) is 4. The predicted molar refractivity (Wildman–Crippen MR) is 128 cm³/mol. The van der Waals surface area contributed by atoms with Crippen molar-refractivity contribution in [3.63, 3.8) is 0 Å². The van der Waals surface area contributed by atoms with Crippen LogP contribution in [-0.4, -0.2) is 32.5 Å². The van der Waals surface area contributed by atoms with E-state index >= 15 is 0 Å². The summed E-state index contributed by atoms with van der Waals surface area (Å²) in [7, 11) is -3.70. The maximum atomic E-state index is 13.3. The van der Waals surface area contributed by atoms with Crippen LogP contribution in [0.25, 0.3) is 10.9 Å². The van der Waals surface area contributed by atoms with E-state index in [0.717, 1.165) is 28.5 Å². The normalized spacial score (nSPS) is 11.9. The van der Waals surface area contributed by atoms with Gasteiger partial charge in [-0.3, -0.25) is 0 Å². The van der Waals surface area contributed by atoms with Gasteiger partial charge in [-0.25, -0.2) is 22.9 Å². The summed E-state index contributed by atoms with van der Waals surface area (Å²) >= 11 is 0. The number of aliphatic imine (C=N–C) groups is 1. The van der Waals surface area contributed by atoms with E-state index in [1.165, 1.54) is 24.3 Å². The number of rotatable bonds is 7. The molecular formula is C20H25FIN5O2S. The molecule has 0 fully saturated rings. The van der Waals surface area contributed by atoms with E-state index in [1.54, 1.807) is 18.2 Å². The van der Waals surface area contributed by atoms with E-state index in [9.17, 15) is 12.8 Å². The molecule has 0 aliphatic carbocycles. The van der Waals surface area contributed by atoms with Crippen LogP contribution in [0.5, 0.6) is 0 Å². The van der Waals surface area contributed by atoms with Crippen molar-refractivity contribution in [3.8, 4) is 0 Å². The lowest BCUT2D eigenvalue weighted by Gasteiger charge is -2.11. The first-order chi connectivity index (χ1) is 13.9. The summed E-state index contributed by atoms with van der Waals surface area (Å²) < 4.78 is 35.9. The first-order valence-corrected chi connectivity index (χ1v) is 10.8. The summed E-state index contributed by atoms with van der Waals surface area (Å²) in [6.07, 6.45) is 2.64. The summed E-state index contributed by atoms with van der Waals surface area (Å²) in [5.41, 5.74) is 2.75. The zero-order valence-electron chi connectivity index (χ0n) is 16.5. The second-order valence-corrected chi connectivity index (χ2v) is 8.13. The molecule has 0 bridgehead atoms. The van der Waals surface area contributed by atoms with E-state index < -0.39 is 10.0 Å². The highest BCUT2D eigenvalue weighted by Gasteiger charge is 2.07. The van der Waals surface area contributed by atoms with Crippen molar-refractivity contribution >= 4 is 50.9 Å². The first kappa shape index (κ1) is 24.1. The molecule has 0 saturated carbocycles. The van der Waals surface area contributed by atoms with Crippen molar-refractivity contribution in [3.05, 3.63) is 65.6 Å². The fraction of sp³-hybridized carbons (Fsp3) is 0.250. The lowest BCUT2D eigenvalue weighted by atomic mass is 10.1. The van der Waals surface area contributed by atoms with Crippen LogP contribution < -0.4 is 15.8 Å². The number of aromatic nitrogens is 1. The number of nitrogens with two attached hydrogens (primary N) is 1. The number of hydrogen-bond acceptors (Lipinski definition) is 3. The van der Waals surface area contributed by atoms with Gasteiger partial charge in [0.1, 0.15) is 5.82 Å². The molecule has 1 aromatic heterocycles. The molecule has 0 saturated heterocycles. The Balaban J connectivity index is 0.00000320. The number of guanidine groups is 1. The van der Waals surface area contributed by atoms with Gasteiger partial charge in [0, 0.05) is 30.2 Å². The fourth-order valence-corrected chi connectivity index (χ4v) is 3.49. The Hall–Kier alpha value is -2.18. The summed E-state index contributed by atoms with van der Waals surface area (Å²) in [6, 6.07) is 11.1. The highest BCUT2D eigenvalue weighted by atomic mass is 127. The molecule has 0 aliphatic rings. The number of sulfonamides is 1. The van der Waals surface area contributed by atoms with Crippen LogP contribution in [0.4, 0.5) is 4.39 Å². The molecule has 3 aromatic rings. The average Bonchev–Trinajstić information content (AvgIpc) is 3.07. The standard InChI is InChI=1S/C20H24FN5O2S.HI/c1-2-23-20(26-12-14-3-6-17(7-4-14)29(22,27)28)24-10-9-15-13-25-19-11-16(21)5-8-18(15)19;/h3-8,11,13,25H,2,9-10,12H2,1H3,(H2,22,27,28)(H2,23,24,26);1H. The molecule has 5 N–H and O–H groups in total. The van der Waals surface area contributed by atoms with Gasteiger partial charge >= 0.3 is 0 Å². The fourth-order valence-electron chi connectivity index (χ4n) is 2.98. The number of nitrogens with zero attached hydrogens (tertiary/aromatic N) is 1. The van der Waals surface area contributed by atoms with E-state index in [-0.39, 0.29) is 34.7 Å². The number of fused-ring (bicyclic) bond motifs is 1. The van der Waals surface area contributed by atoms with E-state index in [4.69, 9.17) is 5.14 Å². The van der Waals surface area contributed by atoms with Crippen molar-refractivity contribution in [1.82, 2.24) is 15.6 Å². The molecular weight excluding hydrogens is 520 g/mol. The number of H-pyrrole nitrogens is 1. The van der Waals surface area contributed by atoms with Crippen molar-refractivity contribution < 1.29 is 12.8 Å². The second kappa shape index (κ2) is 10.7. The number of benzene rings is 2. The molecule has 162 valence electrons. The first-order valence-electron chi connectivity index (χ1n) is 9.26. The van der Waals surface area contributed by atoms with Gasteiger partial charge < -0.3 is 15.6 Å². The molecule has 10 heteroatoms. The third kappa shape index (κ3) is 6.41.